The number of anilines is 1. The Labute approximate surface area is 172 Å². The number of amides is 1. The fourth-order valence-electron chi connectivity index (χ4n) is 3.35. The second-order valence-corrected chi connectivity index (χ2v) is 8.85. The predicted molar refractivity (Wildman–Crippen MR) is 118 cm³/mol. The van der Waals surface area contributed by atoms with Crippen LogP contribution < -0.4 is 10.1 Å². The Hall–Kier alpha value is -1.98. The maximum absolute atomic E-state index is 12.4. The molecule has 2 aromatic carbocycles. The zero-order chi connectivity index (χ0) is 19.9. The van der Waals surface area contributed by atoms with Gasteiger partial charge in [0, 0.05) is 36.8 Å². The first-order valence-electron chi connectivity index (χ1n) is 9.93. The summed E-state index contributed by atoms with van der Waals surface area (Å²) in [5.41, 5.74) is 4.31. The number of thioether (sulfide) groups is 1. The van der Waals surface area contributed by atoms with Crippen molar-refractivity contribution < 1.29 is 9.53 Å². The molecule has 1 N–H and O–H groups in total. The first-order valence-corrected chi connectivity index (χ1v) is 11.1. The van der Waals surface area contributed by atoms with Crippen LogP contribution in [0.25, 0.3) is 0 Å². The highest BCUT2D eigenvalue weighted by Gasteiger charge is 2.12. The standard InChI is InChI=1S/C23H30N2O2S/c1-17(2)21-8-7-18(3)13-22(21)27-16-23(26)24-20-6-4-5-19(14-20)15-25-9-11-28-12-10-25/h4-8,13-14,17H,9-12,15-16H2,1-3H3,(H,24,26). The summed E-state index contributed by atoms with van der Waals surface area (Å²) >= 11 is 2.02. The van der Waals surface area contributed by atoms with Crippen molar-refractivity contribution in [3.8, 4) is 5.75 Å². The molecule has 1 heterocycles. The number of rotatable bonds is 7. The van der Waals surface area contributed by atoms with Gasteiger partial charge in [0.25, 0.3) is 5.91 Å². The predicted octanol–water partition coefficient (Wildman–Crippen LogP) is 4.68. The van der Waals surface area contributed by atoms with Crippen LogP contribution >= 0.6 is 11.8 Å². The molecule has 150 valence electrons. The van der Waals surface area contributed by atoms with E-state index in [1.165, 1.54) is 17.1 Å². The summed E-state index contributed by atoms with van der Waals surface area (Å²) in [5, 5.41) is 2.97. The lowest BCUT2D eigenvalue weighted by Crippen LogP contribution is -2.32. The Morgan fingerprint density at radius 2 is 1.96 bits per heavy atom. The van der Waals surface area contributed by atoms with Gasteiger partial charge < -0.3 is 10.1 Å². The number of nitrogens with one attached hydrogen (secondary N) is 1. The van der Waals surface area contributed by atoms with Crippen LogP contribution in [0.4, 0.5) is 5.69 Å². The molecule has 2 aromatic rings. The molecule has 28 heavy (non-hydrogen) atoms. The SMILES string of the molecule is Cc1ccc(C(C)C)c(OCC(=O)Nc2cccc(CN3CCSCC3)c2)c1. The van der Waals surface area contributed by atoms with E-state index in [9.17, 15) is 4.79 Å². The maximum Gasteiger partial charge on any atom is 0.262 e. The number of hydrogen-bond acceptors (Lipinski definition) is 4. The Balaban J connectivity index is 1.56. The van der Waals surface area contributed by atoms with E-state index in [2.05, 4.69) is 48.3 Å². The van der Waals surface area contributed by atoms with Crippen molar-refractivity contribution in [2.24, 2.45) is 0 Å². The maximum atomic E-state index is 12.4. The van der Waals surface area contributed by atoms with Gasteiger partial charge >= 0.3 is 0 Å². The Morgan fingerprint density at radius 1 is 1.18 bits per heavy atom. The van der Waals surface area contributed by atoms with Gasteiger partial charge in [-0.3, -0.25) is 9.69 Å². The minimum absolute atomic E-state index is 0.0107. The largest absolute Gasteiger partial charge is 0.483 e. The van der Waals surface area contributed by atoms with Crippen molar-refractivity contribution in [1.82, 2.24) is 4.90 Å². The first kappa shape index (κ1) is 20.7. The molecule has 1 aliphatic heterocycles. The molecule has 0 spiro atoms. The molecule has 0 bridgehead atoms. The van der Waals surface area contributed by atoms with E-state index in [0.29, 0.717) is 5.92 Å². The number of aryl methyl sites for hydroxylation is 1. The average Bonchev–Trinajstić information content (AvgIpc) is 2.67. The fourth-order valence-corrected chi connectivity index (χ4v) is 4.33. The van der Waals surface area contributed by atoms with E-state index >= 15 is 0 Å². The summed E-state index contributed by atoms with van der Waals surface area (Å²) in [7, 11) is 0. The van der Waals surface area contributed by atoms with Gasteiger partial charge in [-0.25, -0.2) is 0 Å². The molecule has 1 saturated heterocycles. The van der Waals surface area contributed by atoms with E-state index in [1.807, 2.05) is 36.9 Å². The summed E-state index contributed by atoms with van der Waals surface area (Å²) in [6.07, 6.45) is 0. The van der Waals surface area contributed by atoms with Gasteiger partial charge in [0.2, 0.25) is 0 Å². The summed E-state index contributed by atoms with van der Waals surface area (Å²) in [6, 6.07) is 14.3. The van der Waals surface area contributed by atoms with Gasteiger partial charge in [0.05, 0.1) is 0 Å². The van der Waals surface area contributed by atoms with Gasteiger partial charge in [-0.1, -0.05) is 38.1 Å². The first-order chi connectivity index (χ1) is 13.5. The lowest BCUT2D eigenvalue weighted by Gasteiger charge is -2.26. The number of carbonyl (C=O) groups is 1. The van der Waals surface area contributed by atoms with Crippen molar-refractivity contribution in [3.05, 3.63) is 59.2 Å². The van der Waals surface area contributed by atoms with E-state index in [1.54, 1.807) is 0 Å². The molecule has 0 atom stereocenters. The molecular formula is C23H30N2O2S. The monoisotopic (exact) mass is 398 g/mol. The molecule has 0 unspecified atom stereocenters. The normalized spacial score (nSPS) is 14.9. The third-order valence-corrected chi connectivity index (χ3v) is 5.81. The number of hydrogen-bond donors (Lipinski definition) is 1. The number of carbonyl (C=O) groups excluding carboxylic acids is 1. The topological polar surface area (TPSA) is 41.6 Å². The van der Waals surface area contributed by atoms with Crippen molar-refractivity contribution in [2.75, 3.05) is 36.5 Å². The highest BCUT2D eigenvalue weighted by molar-refractivity contribution is 7.99. The molecule has 1 amide bonds. The molecule has 3 rings (SSSR count). The lowest BCUT2D eigenvalue weighted by molar-refractivity contribution is -0.118. The summed E-state index contributed by atoms with van der Waals surface area (Å²) in [5.74, 6) is 3.41. The second-order valence-electron chi connectivity index (χ2n) is 7.62. The minimum Gasteiger partial charge on any atom is -0.483 e. The zero-order valence-electron chi connectivity index (χ0n) is 17.0. The molecule has 0 aliphatic carbocycles. The van der Waals surface area contributed by atoms with Crippen molar-refractivity contribution in [2.45, 2.75) is 33.2 Å². The smallest absolute Gasteiger partial charge is 0.262 e. The summed E-state index contributed by atoms with van der Waals surface area (Å²) in [6.45, 7) is 9.49. The minimum atomic E-state index is -0.136. The third-order valence-electron chi connectivity index (χ3n) is 4.87. The van der Waals surface area contributed by atoms with Gasteiger partial charge in [-0.2, -0.15) is 11.8 Å². The molecule has 0 radical (unpaired) electrons. The summed E-state index contributed by atoms with van der Waals surface area (Å²) in [4.78, 5) is 14.9. The average molecular weight is 399 g/mol. The van der Waals surface area contributed by atoms with Gasteiger partial charge in [-0.05, 0) is 47.7 Å². The fraction of sp³-hybridized carbons (Fsp3) is 0.435. The van der Waals surface area contributed by atoms with Crippen LogP contribution in [0.3, 0.4) is 0 Å². The van der Waals surface area contributed by atoms with E-state index < -0.39 is 0 Å². The Bertz CT molecular complexity index is 801. The third kappa shape index (κ3) is 6.01. The second kappa shape index (κ2) is 9.99. The van der Waals surface area contributed by atoms with Crippen LogP contribution in [0.15, 0.2) is 42.5 Å². The van der Waals surface area contributed by atoms with Gasteiger partial charge in [-0.15, -0.1) is 0 Å². The van der Waals surface area contributed by atoms with Crippen LogP contribution in [0, 0.1) is 6.92 Å². The van der Waals surface area contributed by atoms with Crippen LogP contribution in [0.5, 0.6) is 5.75 Å². The Kier molecular flexibility index (Phi) is 7.40. The van der Waals surface area contributed by atoms with E-state index in [4.69, 9.17) is 4.74 Å². The number of nitrogens with zero attached hydrogens (tertiary/aromatic N) is 1. The van der Waals surface area contributed by atoms with Crippen molar-refractivity contribution in [1.29, 1.82) is 0 Å². The number of ether oxygens (including phenoxy) is 1. The quantitative estimate of drug-likeness (QED) is 0.735. The van der Waals surface area contributed by atoms with Crippen LogP contribution in [0.2, 0.25) is 0 Å². The molecule has 1 aliphatic rings. The summed E-state index contributed by atoms with van der Waals surface area (Å²) < 4.78 is 5.84. The van der Waals surface area contributed by atoms with Crippen molar-refractivity contribution in [3.63, 3.8) is 0 Å². The molecule has 4 nitrogen and oxygen atoms in total. The Morgan fingerprint density at radius 3 is 2.71 bits per heavy atom. The van der Waals surface area contributed by atoms with Crippen molar-refractivity contribution >= 4 is 23.4 Å². The highest BCUT2D eigenvalue weighted by atomic mass is 32.2. The van der Waals surface area contributed by atoms with E-state index in [0.717, 1.165) is 42.2 Å². The van der Waals surface area contributed by atoms with Gasteiger partial charge in [0.15, 0.2) is 6.61 Å². The molecule has 0 aromatic heterocycles. The number of benzene rings is 2. The molecule has 5 heteroatoms. The lowest BCUT2D eigenvalue weighted by atomic mass is 10.0. The van der Waals surface area contributed by atoms with Gasteiger partial charge in [0.1, 0.15) is 5.75 Å². The van der Waals surface area contributed by atoms with Crippen LogP contribution in [-0.4, -0.2) is 42.0 Å². The zero-order valence-corrected chi connectivity index (χ0v) is 17.8. The molecule has 0 saturated carbocycles. The van der Waals surface area contributed by atoms with E-state index in [-0.39, 0.29) is 12.5 Å². The molecular weight excluding hydrogens is 368 g/mol. The highest BCUT2D eigenvalue weighted by Crippen LogP contribution is 2.27. The van der Waals surface area contributed by atoms with Crippen LogP contribution in [-0.2, 0) is 11.3 Å². The molecule has 1 fully saturated rings. The van der Waals surface area contributed by atoms with Crippen LogP contribution in [0.1, 0.15) is 36.5 Å².